The Bertz CT molecular complexity index is 362. The highest BCUT2D eigenvalue weighted by Gasteiger charge is 2.15. The van der Waals surface area contributed by atoms with Crippen LogP contribution in [0.4, 0.5) is 0 Å². The highest BCUT2D eigenvalue weighted by Crippen LogP contribution is 2.03. The van der Waals surface area contributed by atoms with Crippen molar-refractivity contribution in [2.24, 2.45) is 5.73 Å². The van der Waals surface area contributed by atoms with Gasteiger partial charge in [-0.05, 0) is 6.92 Å². The van der Waals surface area contributed by atoms with Gasteiger partial charge in [0.25, 0.3) is 0 Å². The molecule has 0 spiro atoms. The summed E-state index contributed by atoms with van der Waals surface area (Å²) in [5.74, 6) is 2.22. The zero-order valence-corrected chi connectivity index (χ0v) is 8.10. The number of Topliss-reactive ketones (excluding diaryl/α,β-unsaturated/α-hetero) is 1. The van der Waals surface area contributed by atoms with Crippen LogP contribution in [0, 0.1) is 12.3 Å². The monoisotopic (exact) mass is 191 g/mol. The van der Waals surface area contributed by atoms with E-state index in [2.05, 4.69) is 11.0 Å². The molecule has 2 N–H and O–H groups in total. The molecule has 4 heteroatoms. The Morgan fingerprint density at radius 1 is 1.86 bits per heavy atom. The van der Waals surface area contributed by atoms with Gasteiger partial charge in [0.15, 0.2) is 5.78 Å². The van der Waals surface area contributed by atoms with Crippen LogP contribution < -0.4 is 5.73 Å². The first-order valence-corrected chi connectivity index (χ1v) is 4.44. The van der Waals surface area contributed by atoms with Gasteiger partial charge >= 0.3 is 0 Å². The van der Waals surface area contributed by atoms with Gasteiger partial charge in [0.2, 0.25) is 0 Å². The van der Waals surface area contributed by atoms with Gasteiger partial charge in [-0.1, -0.05) is 0 Å². The van der Waals surface area contributed by atoms with E-state index < -0.39 is 6.04 Å². The quantitative estimate of drug-likeness (QED) is 0.554. The molecule has 0 saturated heterocycles. The summed E-state index contributed by atoms with van der Waals surface area (Å²) in [6, 6.07) is -0.616. The molecule has 0 fully saturated rings. The second kappa shape index (κ2) is 4.58. The first kappa shape index (κ1) is 10.5. The average molecular weight is 191 g/mol. The third-order valence-electron chi connectivity index (χ3n) is 1.92. The lowest BCUT2D eigenvalue weighted by atomic mass is 10.1. The minimum atomic E-state index is -0.616. The van der Waals surface area contributed by atoms with Crippen molar-refractivity contribution < 1.29 is 4.79 Å². The summed E-state index contributed by atoms with van der Waals surface area (Å²) in [6.07, 6.45) is 8.53. The number of rotatable bonds is 4. The number of hydrogen-bond acceptors (Lipinski definition) is 3. The molecule has 0 saturated carbocycles. The maximum absolute atomic E-state index is 11.6. The van der Waals surface area contributed by atoms with E-state index in [0.717, 1.165) is 6.54 Å². The predicted molar refractivity (Wildman–Crippen MR) is 53.7 cm³/mol. The van der Waals surface area contributed by atoms with Gasteiger partial charge in [-0.2, -0.15) is 5.10 Å². The van der Waals surface area contributed by atoms with Crippen LogP contribution in [0.25, 0.3) is 0 Å². The minimum absolute atomic E-state index is 0.150. The SMILES string of the molecule is C#CCC(N)C(=O)c1cnn(CC)c1. The van der Waals surface area contributed by atoms with Crippen molar-refractivity contribution >= 4 is 5.78 Å². The lowest BCUT2D eigenvalue weighted by Crippen LogP contribution is -2.29. The fourth-order valence-electron chi connectivity index (χ4n) is 1.10. The van der Waals surface area contributed by atoms with Crippen molar-refractivity contribution in [2.45, 2.75) is 25.9 Å². The van der Waals surface area contributed by atoms with Gasteiger partial charge in [-0.15, -0.1) is 12.3 Å². The number of carbonyl (C=O) groups is 1. The molecule has 0 aliphatic carbocycles. The summed E-state index contributed by atoms with van der Waals surface area (Å²) in [7, 11) is 0. The van der Waals surface area contributed by atoms with Crippen molar-refractivity contribution in [3.8, 4) is 12.3 Å². The first-order chi connectivity index (χ1) is 6.69. The summed E-state index contributed by atoms with van der Waals surface area (Å²) in [4.78, 5) is 11.6. The Morgan fingerprint density at radius 3 is 3.07 bits per heavy atom. The standard InChI is InChI=1S/C10H13N3O/c1-3-5-9(11)10(14)8-6-12-13(4-2)7-8/h1,6-7,9H,4-5,11H2,2H3. The summed E-state index contributed by atoms with van der Waals surface area (Å²) >= 11 is 0. The van der Waals surface area contributed by atoms with Crippen molar-refractivity contribution in [3.63, 3.8) is 0 Å². The third-order valence-corrected chi connectivity index (χ3v) is 1.92. The highest BCUT2D eigenvalue weighted by molar-refractivity contribution is 5.99. The van der Waals surface area contributed by atoms with Crippen LogP contribution in [-0.4, -0.2) is 21.6 Å². The van der Waals surface area contributed by atoms with E-state index >= 15 is 0 Å². The molecule has 1 atom stereocenters. The molecule has 4 nitrogen and oxygen atoms in total. The van der Waals surface area contributed by atoms with Crippen LogP contribution in [0.3, 0.4) is 0 Å². The number of nitrogens with zero attached hydrogens (tertiary/aromatic N) is 2. The normalized spacial score (nSPS) is 12.1. The lowest BCUT2D eigenvalue weighted by molar-refractivity contribution is 0.0963. The van der Waals surface area contributed by atoms with Crippen LogP contribution >= 0.6 is 0 Å². The first-order valence-electron chi connectivity index (χ1n) is 4.44. The van der Waals surface area contributed by atoms with Gasteiger partial charge < -0.3 is 5.73 Å². The Hall–Kier alpha value is -1.60. The second-order valence-electron chi connectivity index (χ2n) is 2.96. The Morgan fingerprint density at radius 2 is 2.57 bits per heavy atom. The fourth-order valence-corrected chi connectivity index (χ4v) is 1.10. The molecular formula is C10H13N3O. The molecule has 0 aromatic carbocycles. The molecule has 0 amide bonds. The van der Waals surface area contributed by atoms with Crippen LogP contribution in [0.5, 0.6) is 0 Å². The van der Waals surface area contributed by atoms with Gasteiger partial charge in [0.05, 0.1) is 17.8 Å². The number of aryl methyl sites for hydroxylation is 1. The molecule has 1 rings (SSSR count). The number of aromatic nitrogens is 2. The molecule has 1 heterocycles. The van der Waals surface area contributed by atoms with Crippen LogP contribution in [-0.2, 0) is 6.54 Å². The zero-order valence-electron chi connectivity index (χ0n) is 8.10. The van der Waals surface area contributed by atoms with E-state index in [-0.39, 0.29) is 12.2 Å². The summed E-state index contributed by atoms with van der Waals surface area (Å²) in [5.41, 5.74) is 6.10. The number of carbonyl (C=O) groups excluding carboxylic acids is 1. The van der Waals surface area contributed by atoms with E-state index in [0.29, 0.717) is 5.56 Å². The maximum atomic E-state index is 11.6. The molecule has 0 aliphatic rings. The molecular weight excluding hydrogens is 178 g/mol. The van der Waals surface area contributed by atoms with E-state index in [1.165, 1.54) is 6.20 Å². The maximum Gasteiger partial charge on any atom is 0.183 e. The fraction of sp³-hybridized carbons (Fsp3) is 0.400. The Labute approximate surface area is 83.1 Å². The lowest BCUT2D eigenvalue weighted by Gasteiger charge is -2.03. The van der Waals surface area contributed by atoms with Crippen molar-refractivity contribution in [2.75, 3.05) is 0 Å². The van der Waals surface area contributed by atoms with Crippen LogP contribution in [0.1, 0.15) is 23.7 Å². The third kappa shape index (κ3) is 2.21. The minimum Gasteiger partial charge on any atom is -0.320 e. The topological polar surface area (TPSA) is 60.9 Å². The summed E-state index contributed by atoms with van der Waals surface area (Å²) in [5, 5.41) is 3.99. The van der Waals surface area contributed by atoms with Crippen molar-refractivity contribution in [1.82, 2.24) is 9.78 Å². The Balaban J connectivity index is 2.74. The number of hydrogen-bond donors (Lipinski definition) is 1. The molecule has 0 radical (unpaired) electrons. The van der Waals surface area contributed by atoms with Gasteiger partial charge in [-0.3, -0.25) is 9.48 Å². The summed E-state index contributed by atoms with van der Waals surface area (Å²) < 4.78 is 1.68. The molecule has 0 bridgehead atoms. The number of nitrogens with two attached hydrogens (primary N) is 1. The molecule has 14 heavy (non-hydrogen) atoms. The smallest absolute Gasteiger partial charge is 0.183 e. The van der Waals surface area contributed by atoms with E-state index in [1.807, 2.05) is 6.92 Å². The molecule has 74 valence electrons. The predicted octanol–water partition coefficient (Wildman–Crippen LogP) is 0.436. The van der Waals surface area contributed by atoms with E-state index in [9.17, 15) is 4.79 Å². The molecule has 1 aromatic heterocycles. The molecule has 0 aliphatic heterocycles. The Kier molecular flexibility index (Phi) is 3.43. The van der Waals surface area contributed by atoms with Crippen molar-refractivity contribution in [3.05, 3.63) is 18.0 Å². The molecule has 1 aromatic rings. The number of ketones is 1. The van der Waals surface area contributed by atoms with Crippen LogP contribution in [0.15, 0.2) is 12.4 Å². The number of terminal acetylenes is 1. The highest BCUT2D eigenvalue weighted by atomic mass is 16.1. The van der Waals surface area contributed by atoms with E-state index in [1.54, 1.807) is 10.9 Å². The molecule has 1 unspecified atom stereocenters. The van der Waals surface area contributed by atoms with Gasteiger partial charge in [-0.25, -0.2) is 0 Å². The second-order valence-corrected chi connectivity index (χ2v) is 2.96. The van der Waals surface area contributed by atoms with Crippen molar-refractivity contribution in [1.29, 1.82) is 0 Å². The largest absolute Gasteiger partial charge is 0.320 e. The average Bonchev–Trinajstić information content (AvgIpc) is 2.65. The van der Waals surface area contributed by atoms with E-state index in [4.69, 9.17) is 12.2 Å². The summed E-state index contributed by atoms with van der Waals surface area (Å²) in [6.45, 7) is 2.68. The zero-order chi connectivity index (χ0) is 10.6. The van der Waals surface area contributed by atoms with Gasteiger partial charge in [0, 0.05) is 19.2 Å². The van der Waals surface area contributed by atoms with Gasteiger partial charge in [0.1, 0.15) is 0 Å². The van der Waals surface area contributed by atoms with Crippen LogP contribution in [0.2, 0.25) is 0 Å².